The number of phenolic OH excluding ortho intramolecular Hbond substituents is 1. The maximum atomic E-state index is 12.7. The first kappa shape index (κ1) is 21.3. The third kappa shape index (κ3) is 4.76. The summed E-state index contributed by atoms with van der Waals surface area (Å²) in [7, 11) is 0. The predicted molar refractivity (Wildman–Crippen MR) is 114 cm³/mol. The van der Waals surface area contributed by atoms with Crippen LogP contribution >= 0.6 is 0 Å². The van der Waals surface area contributed by atoms with Crippen LogP contribution in [0.25, 0.3) is 5.69 Å². The molecular weight excluding hydrogens is 398 g/mol. The van der Waals surface area contributed by atoms with Gasteiger partial charge in [0.05, 0.1) is 18.5 Å². The van der Waals surface area contributed by atoms with Gasteiger partial charge in [0.1, 0.15) is 23.1 Å². The van der Waals surface area contributed by atoms with Crippen LogP contribution < -0.4 is 15.7 Å². The molecule has 9 nitrogen and oxygen atoms in total. The van der Waals surface area contributed by atoms with Gasteiger partial charge in [-0.1, -0.05) is 0 Å². The molecule has 0 aliphatic carbocycles. The van der Waals surface area contributed by atoms with E-state index >= 15 is 0 Å². The summed E-state index contributed by atoms with van der Waals surface area (Å²) in [5.41, 5.74) is 2.61. The molecule has 0 unspecified atom stereocenters. The molecule has 9 heteroatoms. The second kappa shape index (κ2) is 9.37. The molecule has 0 saturated carbocycles. The lowest BCUT2D eigenvalue weighted by atomic mass is 10.1. The average Bonchev–Trinajstić information content (AvgIpc) is 2.76. The third-order valence-corrected chi connectivity index (χ3v) is 4.33. The summed E-state index contributed by atoms with van der Waals surface area (Å²) in [5.74, 6) is 0.0544. The van der Waals surface area contributed by atoms with Gasteiger partial charge in [0.15, 0.2) is 5.69 Å². The van der Waals surface area contributed by atoms with Gasteiger partial charge < -0.3 is 9.84 Å². The van der Waals surface area contributed by atoms with E-state index < -0.39 is 11.5 Å². The first-order valence-electron chi connectivity index (χ1n) is 9.34. The highest BCUT2D eigenvalue weighted by Gasteiger charge is 2.20. The molecule has 3 aromatic rings. The van der Waals surface area contributed by atoms with Crippen LogP contribution in [0, 0.1) is 18.3 Å². The summed E-state index contributed by atoms with van der Waals surface area (Å²) in [4.78, 5) is 25.3. The van der Waals surface area contributed by atoms with E-state index in [2.05, 4.69) is 15.6 Å². The van der Waals surface area contributed by atoms with Crippen molar-refractivity contribution in [3.05, 3.63) is 81.3 Å². The number of hydrazone groups is 1. The molecule has 0 bridgehead atoms. The molecule has 0 saturated heterocycles. The van der Waals surface area contributed by atoms with Crippen molar-refractivity contribution in [2.24, 2.45) is 5.10 Å². The number of aromatic hydroxyl groups is 1. The number of nitrogens with one attached hydrogen (secondary N) is 1. The van der Waals surface area contributed by atoms with Crippen LogP contribution in [0.3, 0.4) is 0 Å². The molecule has 1 amide bonds. The maximum absolute atomic E-state index is 12.7. The molecule has 3 rings (SSSR count). The number of nitriles is 1. The molecule has 0 atom stereocenters. The monoisotopic (exact) mass is 417 g/mol. The number of hydrogen-bond donors (Lipinski definition) is 2. The van der Waals surface area contributed by atoms with Crippen LogP contribution in [-0.4, -0.2) is 33.6 Å². The second-order valence-corrected chi connectivity index (χ2v) is 6.39. The normalized spacial score (nSPS) is 10.6. The number of amides is 1. The smallest absolute Gasteiger partial charge is 0.292 e. The van der Waals surface area contributed by atoms with E-state index in [0.29, 0.717) is 23.6 Å². The summed E-state index contributed by atoms with van der Waals surface area (Å²) < 4.78 is 6.39. The van der Waals surface area contributed by atoms with Crippen LogP contribution in [-0.2, 0) is 0 Å². The standard InChI is InChI=1S/C22H19N5O4/c1-3-31-18-10-6-16(7-11-18)27-22(30)19(12-23)14(2)20(26-27)21(29)25-24-13-15-4-8-17(28)9-5-15/h4-11,13,28H,3H2,1-2H3,(H,25,29)/b24-13+. The quantitative estimate of drug-likeness (QED) is 0.467. The van der Waals surface area contributed by atoms with Gasteiger partial charge in [-0.05, 0) is 67.9 Å². The molecule has 31 heavy (non-hydrogen) atoms. The van der Waals surface area contributed by atoms with E-state index in [-0.39, 0.29) is 22.6 Å². The van der Waals surface area contributed by atoms with Gasteiger partial charge in [-0.2, -0.15) is 20.1 Å². The van der Waals surface area contributed by atoms with Gasteiger partial charge >= 0.3 is 0 Å². The lowest BCUT2D eigenvalue weighted by molar-refractivity contribution is 0.0947. The zero-order chi connectivity index (χ0) is 22.4. The summed E-state index contributed by atoms with van der Waals surface area (Å²) >= 11 is 0. The van der Waals surface area contributed by atoms with Crippen molar-refractivity contribution < 1.29 is 14.6 Å². The van der Waals surface area contributed by atoms with E-state index in [1.807, 2.05) is 13.0 Å². The van der Waals surface area contributed by atoms with Crippen LogP contribution in [0.5, 0.6) is 11.5 Å². The first-order chi connectivity index (χ1) is 14.9. The maximum Gasteiger partial charge on any atom is 0.292 e. The Balaban J connectivity index is 1.93. The molecule has 1 aromatic heterocycles. The zero-order valence-electron chi connectivity index (χ0n) is 16.9. The summed E-state index contributed by atoms with van der Waals surface area (Å²) in [6, 6.07) is 14.6. The Morgan fingerprint density at radius 1 is 1.26 bits per heavy atom. The largest absolute Gasteiger partial charge is 0.508 e. The van der Waals surface area contributed by atoms with Crippen LogP contribution in [0.2, 0.25) is 0 Å². The van der Waals surface area contributed by atoms with Crippen molar-refractivity contribution in [2.45, 2.75) is 13.8 Å². The predicted octanol–water partition coefficient (Wildman–Crippen LogP) is 2.28. The molecule has 2 aromatic carbocycles. The number of ether oxygens (including phenoxy) is 1. The average molecular weight is 417 g/mol. The molecular formula is C22H19N5O4. The van der Waals surface area contributed by atoms with Gasteiger partial charge in [-0.25, -0.2) is 5.43 Å². The molecule has 0 aliphatic rings. The summed E-state index contributed by atoms with van der Waals surface area (Å²) in [6.45, 7) is 3.83. The van der Waals surface area contributed by atoms with Crippen molar-refractivity contribution in [2.75, 3.05) is 6.61 Å². The van der Waals surface area contributed by atoms with Crippen molar-refractivity contribution in [1.82, 2.24) is 15.2 Å². The lowest BCUT2D eigenvalue weighted by Gasteiger charge is -2.11. The van der Waals surface area contributed by atoms with Crippen molar-refractivity contribution in [1.29, 1.82) is 5.26 Å². The number of benzene rings is 2. The van der Waals surface area contributed by atoms with Gasteiger partial charge in [0.25, 0.3) is 11.5 Å². The van der Waals surface area contributed by atoms with Crippen LogP contribution in [0.4, 0.5) is 0 Å². The van der Waals surface area contributed by atoms with E-state index in [1.54, 1.807) is 36.4 Å². The zero-order valence-corrected chi connectivity index (χ0v) is 16.9. The first-order valence-corrected chi connectivity index (χ1v) is 9.34. The topological polar surface area (TPSA) is 130 Å². The van der Waals surface area contributed by atoms with Crippen molar-refractivity contribution in [3.63, 3.8) is 0 Å². The Kier molecular flexibility index (Phi) is 6.42. The number of rotatable bonds is 6. The van der Waals surface area contributed by atoms with Crippen LogP contribution in [0.1, 0.15) is 34.1 Å². The van der Waals surface area contributed by atoms with E-state index in [4.69, 9.17) is 4.74 Å². The molecule has 2 N–H and O–H groups in total. The van der Waals surface area contributed by atoms with Gasteiger partial charge in [0.2, 0.25) is 0 Å². The highest BCUT2D eigenvalue weighted by molar-refractivity contribution is 5.94. The number of carbonyl (C=O) groups excluding carboxylic acids is 1. The second-order valence-electron chi connectivity index (χ2n) is 6.39. The minimum atomic E-state index is -0.677. The number of hydrogen-bond acceptors (Lipinski definition) is 7. The van der Waals surface area contributed by atoms with Gasteiger partial charge in [0, 0.05) is 5.56 Å². The molecule has 0 radical (unpaired) electrons. The Morgan fingerprint density at radius 2 is 1.94 bits per heavy atom. The minimum absolute atomic E-state index is 0.104. The van der Waals surface area contributed by atoms with E-state index in [0.717, 1.165) is 4.68 Å². The fourth-order valence-electron chi connectivity index (χ4n) is 2.76. The molecule has 0 spiro atoms. The SMILES string of the molecule is CCOc1ccc(-n2nc(C(=O)N/N=C/c3ccc(O)cc3)c(C)c(C#N)c2=O)cc1. The fraction of sp³-hybridized carbons (Fsp3) is 0.136. The lowest BCUT2D eigenvalue weighted by Crippen LogP contribution is -2.31. The Hall–Kier alpha value is -4.45. The van der Waals surface area contributed by atoms with Crippen molar-refractivity contribution >= 4 is 12.1 Å². The number of aromatic nitrogens is 2. The van der Waals surface area contributed by atoms with Crippen LogP contribution in [0.15, 0.2) is 58.4 Å². The highest BCUT2D eigenvalue weighted by Crippen LogP contribution is 2.15. The summed E-state index contributed by atoms with van der Waals surface area (Å²) in [6.07, 6.45) is 1.39. The molecule has 0 aliphatic heterocycles. The van der Waals surface area contributed by atoms with Gasteiger partial charge in [-0.3, -0.25) is 9.59 Å². The fourth-order valence-corrected chi connectivity index (χ4v) is 2.76. The van der Waals surface area contributed by atoms with E-state index in [1.165, 1.54) is 25.3 Å². The minimum Gasteiger partial charge on any atom is -0.508 e. The number of phenols is 1. The Morgan fingerprint density at radius 3 is 2.55 bits per heavy atom. The van der Waals surface area contributed by atoms with E-state index in [9.17, 15) is 20.0 Å². The van der Waals surface area contributed by atoms with Crippen molar-refractivity contribution in [3.8, 4) is 23.3 Å². The highest BCUT2D eigenvalue weighted by atomic mass is 16.5. The molecule has 156 valence electrons. The molecule has 0 fully saturated rings. The third-order valence-electron chi connectivity index (χ3n) is 4.33. The number of nitrogens with zero attached hydrogens (tertiary/aromatic N) is 4. The summed E-state index contributed by atoms with van der Waals surface area (Å²) in [5, 5.41) is 26.8. The Labute approximate surface area is 177 Å². The molecule has 1 heterocycles. The van der Waals surface area contributed by atoms with Gasteiger partial charge in [-0.15, -0.1) is 0 Å². The number of carbonyl (C=O) groups is 1. The Bertz CT molecular complexity index is 1220.